The van der Waals surface area contributed by atoms with Crippen molar-refractivity contribution in [1.82, 2.24) is 25.7 Å². The molecule has 0 aliphatic heterocycles. The molecule has 6 nitrogen and oxygen atoms in total. The molecule has 0 bridgehead atoms. The second-order valence-corrected chi connectivity index (χ2v) is 8.45. The number of carbonyl (C=O) groups excluding carboxylic acids is 1. The lowest BCUT2D eigenvalue weighted by Crippen LogP contribution is -2.27. The molecule has 23 heavy (non-hydrogen) atoms. The van der Waals surface area contributed by atoms with Crippen LogP contribution in [-0.4, -0.2) is 38.6 Å². The van der Waals surface area contributed by atoms with Crippen molar-refractivity contribution < 1.29 is 4.79 Å². The maximum atomic E-state index is 12.3. The maximum Gasteiger partial charge on any atom is 0.272 e. The van der Waals surface area contributed by atoms with E-state index in [1.807, 2.05) is 6.92 Å². The molecule has 0 spiro atoms. The Labute approximate surface area is 143 Å². The van der Waals surface area contributed by atoms with Crippen LogP contribution in [0.5, 0.6) is 0 Å². The highest BCUT2D eigenvalue weighted by Crippen LogP contribution is 2.26. The quantitative estimate of drug-likeness (QED) is 0.617. The molecule has 0 unspecified atom stereocenters. The van der Waals surface area contributed by atoms with Gasteiger partial charge in [0, 0.05) is 23.6 Å². The van der Waals surface area contributed by atoms with Gasteiger partial charge < -0.3 is 5.32 Å². The summed E-state index contributed by atoms with van der Waals surface area (Å²) < 4.78 is 0.990. The minimum absolute atomic E-state index is 0.0617. The average molecular weight is 352 g/mol. The first kappa shape index (κ1) is 16.4. The van der Waals surface area contributed by atoms with Crippen LogP contribution in [0.1, 0.15) is 46.5 Å². The smallest absolute Gasteiger partial charge is 0.272 e. The van der Waals surface area contributed by atoms with E-state index in [1.54, 1.807) is 23.1 Å². The molecule has 1 aliphatic carbocycles. The summed E-state index contributed by atoms with van der Waals surface area (Å²) in [5.41, 5.74) is 2.83. The average Bonchev–Trinajstić information content (AvgIpc) is 3.12. The number of nitrogens with one attached hydrogen (secondary N) is 2. The number of aromatic nitrogens is 4. The third kappa shape index (κ3) is 4.11. The highest BCUT2D eigenvalue weighted by Gasteiger charge is 2.24. The van der Waals surface area contributed by atoms with E-state index in [-0.39, 0.29) is 5.91 Å². The van der Waals surface area contributed by atoms with Crippen molar-refractivity contribution >= 4 is 29.0 Å². The van der Waals surface area contributed by atoms with Crippen LogP contribution in [0, 0.1) is 12.8 Å². The standard InChI is InChI=1S/C15H21N5OS2/c1-9-4-5-12-11(8-9)13(19-18-12)14(21)16-6-3-7-22-15-20-17-10(2)23-15/h9H,3-8H2,1-2H3,(H,16,21)(H,18,19)/t9-/m0/s1. The third-order valence-corrected chi connectivity index (χ3v) is 6.01. The fourth-order valence-corrected chi connectivity index (χ4v) is 4.54. The summed E-state index contributed by atoms with van der Waals surface area (Å²) >= 11 is 3.29. The van der Waals surface area contributed by atoms with E-state index in [2.05, 4.69) is 32.6 Å². The number of aromatic amines is 1. The number of aryl methyl sites for hydroxylation is 2. The molecule has 2 aromatic heterocycles. The molecule has 0 saturated heterocycles. The van der Waals surface area contributed by atoms with Crippen molar-refractivity contribution in [3.05, 3.63) is 22.0 Å². The van der Waals surface area contributed by atoms with Gasteiger partial charge in [-0.25, -0.2) is 0 Å². The number of rotatable bonds is 6. The molecule has 3 rings (SSSR count). The predicted molar refractivity (Wildman–Crippen MR) is 92.1 cm³/mol. The van der Waals surface area contributed by atoms with E-state index in [0.717, 1.165) is 45.6 Å². The number of hydrogen-bond donors (Lipinski definition) is 2. The second kappa shape index (κ2) is 7.44. The first-order chi connectivity index (χ1) is 11.1. The monoisotopic (exact) mass is 351 g/mol. The van der Waals surface area contributed by atoms with E-state index in [1.165, 1.54) is 6.42 Å². The van der Waals surface area contributed by atoms with Gasteiger partial charge >= 0.3 is 0 Å². The molecule has 0 radical (unpaired) electrons. The van der Waals surface area contributed by atoms with Gasteiger partial charge in [0.1, 0.15) is 5.01 Å². The van der Waals surface area contributed by atoms with Gasteiger partial charge in [-0.15, -0.1) is 10.2 Å². The van der Waals surface area contributed by atoms with Crippen LogP contribution in [-0.2, 0) is 12.8 Å². The minimum Gasteiger partial charge on any atom is -0.351 e. The van der Waals surface area contributed by atoms with Gasteiger partial charge in [-0.1, -0.05) is 30.0 Å². The molecular weight excluding hydrogens is 330 g/mol. The van der Waals surface area contributed by atoms with Crippen molar-refractivity contribution in [2.75, 3.05) is 12.3 Å². The fraction of sp³-hybridized carbons (Fsp3) is 0.600. The predicted octanol–water partition coefficient (Wildman–Crippen LogP) is 2.61. The largest absolute Gasteiger partial charge is 0.351 e. The van der Waals surface area contributed by atoms with Gasteiger partial charge in [0.05, 0.1) is 0 Å². The van der Waals surface area contributed by atoms with E-state index < -0.39 is 0 Å². The van der Waals surface area contributed by atoms with Gasteiger partial charge in [-0.3, -0.25) is 9.89 Å². The summed E-state index contributed by atoms with van der Waals surface area (Å²) in [4.78, 5) is 12.3. The van der Waals surface area contributed by atoms with Crippen molar-refractivity contribution in [3.63, 3.8) is 0 Å². The normalized spacial score (nSPS) is 17.0. The number of nitrogens with zero attached hydrogens (tertiary/aromatic N) is 3. The number of thioether (sulfide) groups is 1. The molecule has 2 aromatic rings. The number of H-pyrrole nitrogens is 1. The number of carbonyl (C=O) groups is 1. The molecule has 1 atom stereocenters. The van der Waals surface area contributed by atoms with Crippen molar-refractivity contribution in [2.24, 2.45) is 5.92 Å². The van der Waals surface area contributed by atoms with Gasteiger partial charge in [-0.2, -0.15) is 5.10 Å². The molecule has 8 heteroatoms. The molecule has 2 heterocycles. The van der Waals surface area contributed by atoms with Crippen LogP contribution in [0.3, 0.4) is 0 Å². The lowest BCUT2D eigenvalue weighted by atomic mass is 9.88. The summed E-state index contributed by atoms with van der Waals surface area (Å²) in [6, 6.07) is 0. The van der Waals surface area contributed by atoms with E-state index in [9.17, 15) is 4.79 Å². The Kier molecular flexibility index (Phi) is 5.32. The number of fused-ring (bicyclic) bond motifs is 1. The zero-order valence-corrected chi connectivity index (χ0v) is 15.0. The summed E-state index contributed by atoms with van der Waals surface area (Å²) in [5.74, 6) is 1.48. The molecule has 1 aliphatic rings. The SMILES string of the molecule is Cc1nnc(SCCCNC(=O)c2n[nH]c3c2C[C@@H](C)CC3)s1. The lowest BCUT2D eigenvalue weighted by molar-refractivity contribution is 0.0947. The first-order valence-electron chi connectivity index (χ1n) is 7.90. The van der Waals surface area contributed by atoms with Crippen LogP contribution in [0.25, 0.3) is 0 Å². The van der Waals surface area contributed by atoms with E-state index in [0.29, 0.717) is 18.2 Å². The third-order valence-electron chi connectivity index (χ3n) is 3.95. The van der Waals surface area contributed by atoms with Crippen molar-refractivity contribution in [3.8, 4) is 0 Å². The Balaban J connectivity index is 1.44. The molecular formula is C15H21N5OS2. The van der Waals surface area contributed by atoms with Gasteiger partial charge in [0.15, 0.2) is 10.0 Å². The zero-order valence-electron chi connectivity index (χ0n) is 13.4. The van der Waals surface area contributed by atoms with Crippen LogP contribution in [0.15, 0.2) is 4.34 Å². The Morgan fingerprint density at radius 3 is 3.13 bits per heavy atom. The molecule has 0 saturated carbocycles. The number of hydrogen-bond acceptors (Lipinski definition) is 6. The second-order valence-electron chi connectivity index (χ2n) is 5.92. The Morgan fingerprint density at radius 2 is 2.35 bits per heavy atom. The molecule has 0 aromatic carbocycles. The Morgan fingerprint density at radius 1 is 1.48 bits per heavy atom. The van der Waals surface area contributed by atoms with Crippen LogP contribution in [0.2, 0.25) is 0 Å². The van der Waals surface area contributed by atoms with Crippen LogP contribution < -0.4 is 5.32 Å². The van der Waals surface area contributed by atoms with E-state index >= 15 is 0 Å². The van der Waals surface area contributed by atoms with Crippen LogP contribution >= 0.6 is 23.1 Å². The maximum absolute atomic E-state index is 12.3. The van der Waals surface area contributed by atoms with Crippen LogP contribution in [0.4, 0.5) is 0 Å². The summed E-state index contributed by atoms with van der Waals surface area (Å²) in [6.07, 6.45) is 4.01. The highest BCUT2D eigenvalue weighted by atomic mass is 32.2. The Hall–Kier alpha value is -1.41. The lowest BCUT2D eigenvalue weighted by Gasteiger charge is -2.17. The first-order valence-corrected chi connectivity index (χ1v) is 9.71. The van der Waals surface area contributed by atoms with Gasteiger partial charge in [0.2, 0.25) is 0 Å². The van der Waals surface area contributed by atoms with E-state index in [4.69, 9.17) is 0 Å². The zero-order chi connectivity index (χ0) is 16.2. The van der Waals surface area contributed by atoms with Gasteiger partial charge in [0.25, 0.3) is 5.91 Å². The highest BCUT2D eigenvalue weighted by molar-refractivity contribution is 8.01. The fourth-order valence-electron chi connectivity index (χ4n) is 2.71. The van der Waals surface area contributed by atoms with Crippen molar-refractivity contribution in [2.45, 2.75) is 43.9 Å². The van der Waals surface area contributed by atoms with Crippen molar-refractivity contribution in [1.29, 1.82) is 0 Å². The number of amides is 1. The summed E-state index contributed by atoms with van der Waals surface area (Å²) in [6.45, 7) is 4.83. The molecule has 2 N–H and O–H groups in total. The minimum atomic E-state index is -0.0617. The van der Waals surface area contributed by atoms with Gasteiger partial charge in [-0.05, 0) is 38.5 Å². The molecule has 0 fully saturated rings. The summed E-state index contributed by atoms with van der Waals surface area (Å²) in [7, 11) is 0. The summed E-state index contributed by atoms with van der Waals surface area (Å²) in [5, 5.41) is 19.3. The molecule has 124 valence electrons. The topological polar surface area (TPSA) is 83.6 Å². The molecule has 1 amide bonds. The Bertz CT molecular complexity index is 681.